The number of carbonyl (C=O) groups excluding carboxylic acids is 15. The molecule has 0 aliphatic carbocycles. The second kappa shape index (κ2) is 60.7. The summed E-state index contributed by atoms with van der Waals surface area (Å²) >= 11 is 6.79. The van der Waals surface area contributed by atoms with E-state index in [4.69, 9.17) is 27.9 Å². The number of nitrogens with one attached hydrogen (secondary N) is 15. The molecule has 0 spiro atoms. The molecule has 0 fully saturated rings. The first kappa shape index (κ1) is 118. The predicted octanol–water partition coefficient (Wildman–Crippen LogP) is -0.498. The number of thiol groups is 1. The molecule has 5 aromatic heterocycles. The number of aliphatic hydroxyl groups is 3. The molecule has 0 aliphatic heterocycles. The Bertz CT molecular complexity index is 6020. The van der Waals surface area contributed by atoms with Gasteiger partial charge in [0.2, 0.25) is 82.7 Å². The van der Waals surface area contributed by atoms with Gasteiger partial charge in [0.05, 0.1) is 77.4 Å². The summed E-state index contributed by atoms with van der Waals surface area (Å²) in [6.07, 6.45) is -3.19. The molecule has 0 radical (unpaired) electrons. The monoisotopic (exact) mass is 2110 g/mol. The summed E-state index contributed by atoms with van der Waals surface area (Å²) in [4.78, 5) is 250. The standard InChI is InChI=1S/C103H131N23O20S3/c1-58-25-21-39-71(110-58)73-41-23-33-67(112-73)54-148-56-84(114-87(132)51-109-90(133)60(3)106)99(142)116-75(37-17-19-43-104)91(134)120-81(49-86(107)131)96(139)118-77(45-63-27-9-6-10-28-63)93(136)117-78(46-64-29-11-7-12-30-64)94(137)119-80(48-66-50-108-70-36-16-15-35-69(66)70)95(138)115-76(38-18-20-44-105)92(135)125-88(61(4)129)100(143)121-79(47-65-31-13-8-14-32-65)97(140)126-89(62(5)130)101(144)122-82(52-127)98(141)123-83(53-128)102(147)124-85(103(145)146)57-149-55-68-34-24-42-74(113-68)72-40-22-26-59(2)111-72/h6-16,21-36,39-42,50,53,60-62,75-85,88-89,102,108,124,127,129-130,147H,17-20,37-38,43-49,51-52,54-57,104-106H2,1-5H3,(H2,107,131)(H,109,133)(H,114,132)(H,115,138)(H,116,142)(H,117,136)(H,118,139)(H,119,137)(H,120,134)(H,121,143)(H,122,144)(H,123,141)(H,125,135)(H,126,140)(H,145,146)/t60-,61+,62+,75-,76-,77-,78-,79-,80-,81-,82-,83+,84-,85-,88-,89-,102?/m0/s1. The number of fused-ring (bicyclic) bond motifs is 1. The Morgan fingerprint density at radius 1 is 0.416 bits per heavy atom. The molecule has 0 aliphatic rings. The Morgan fingerprint density at radius 2 is 0.792 bits per heavy atom. The third-order valence-electron chi connectivity index (χ3n) is 23.6. The van der Waals surface area contributed by atoms with Crippen LogP contribution in [0.15, 0.2) is 194 Å². The molecule has 17 atom stereocenters. The molecule has 46 heteroatoms. The molecule has 9 rings (SSSR count). The van der Waals surface area contributed by atoms with Crippen molar-refractivity contribution in [2.45, 2.75) is 219 Å². The Labute approximate surface area is 875 Å². The van der Waals surface area contributed by atoms with E-state index in [9.17, 15) is 73.2 Å². The minimum atomic E-state index is -1.97. The van der Waals surface area contributed by atoms with E-state index in [0.717, 1.165) is 25.2 Å². The first-order chi connectivity index (χ1) is 71.4. The molecule has 0 bridgehead atoms. The Morgan fingerprint density at radius 3 is 1.22 bits per heavy atom. The van der Waals surface area contributed by atoms with Crippen molar-refractivity contribution >= 4 is 142 Å². The van der Waals surface area contributed by atoms with Crippen LogP contribution < -0.4 is 97.4 Å². The van der Waals surface area contributed by atoms with Gasteiger partial charge in [-0.3, -0.25) is 97.2 Å². The molecule has 796 valence electrons. The molecule has 14 amide bonds. The molecule has 149 heavy (non-hydrogen) atoms. The van der Waals surface area contributed by atoms with Gasteiger partial charge in [-0.05, 0) is 163 Å². The van der Waals surface area contributed by atoms with E-state index >= 15 is 24.0 Å². The van der Waals surface area contributed by atoms with Crippen LogP contribution in [0.3, 0.4) is 0 Å². The van der Waals surface area contributed by atoms with Crippen LogP contribution in [0.1, 0.15) is 111 Å². The van der Waals surface area contributed by atoms with Crippen molar-refractivity contribution < 1.29 is 97.1 Å². The number of aliphatic carboxylic acids is 1. The molecule has 5 heterocycles. The van der Waals surface area contributed by atoms with Gasteiger partial charge < -0.3 is 122 Å². The molecule has 9 aromatic rings. The highest BCUT2D eigenvalue weighted by molar-refractivity contribution is 7.98. The Balaban J connectivity index is 0.915. The zero-order valence-electron chi connectivity index (χ0n) is 83.0. The second-order valence-electron chi connectivity index (χ2n) is 35.7. The van der Waals surface area contributed by atoms with E-state index in [1.165, 1.54) is 30.4 Å². The number of thioether (sulfide) groups is 2. The highest BCUT2D eigenvalue weighted by Crippen LogP contribution is 2.25. The number of carboxylic acids is 1. The van der Waals surface area contributed by atoms with Gasteiger partial charge in [-0.1, -0.05) is 133 Å². The maximum Gasteiger partial charge on any atom is 0.321 e. The molecule has 4 aromatic carbocycles. The highest BCUT2D eigenvalue weighted by Gasteiger charge is 2.41. The number of pyridine rings is 4. The van der Waals surface area contributed by atoms with Crippen LogP contribution in [0.4, 0.5) is 0 Å². The summed E-state index contributed by atoms with van der Waals surface area (Å²) in [7, 11) is 0. The zero-order valence-corrected chi connectivity index (χ0v) is 85.5. The largest absolute Gasteiger partial charge is 0.480 e. The molecule has 43 nitrogen and oxygen atoms in total. The van der Waals surface area contributed by atoms with Crippen LogP contribution in [0.2, 0.25) is 0 Å². The van der Waals surface area contributed by atoms with Gasteiger partial charge in [0, 0.05) is 77.2 Å². The number of aliphatic hydroxyl groups excluding tert-OH is 3. The fraction of sp³-hybridized carbons (Fsp3) is 0.398. The van der Waals surface area contributed by atoms with Crippen LogP contribution >= 0.6 is 36.2 Å². The molecule has 1 unspecified atom stereocenters. The first-order valence-corrected chi connectivity index (χ1v) is 51.3. The van der Waals surface area contributed by atoms with Gasteiger partial charge in [0.15, 0.2) is 0 Å². The maximum atomic E-state index is 15.6. The number of aromatic nitrogens is 5. The number of carboxylic acid groups (broad SMARTS) is 1. The number of para-hydroxylation sites is 1. The van der Waals surface area contributed by atoms with E-state index in [0.29, 0.717) is 73.7 Å². The van der Waals surface area contributed by atoms with Gasteiger partial charge in [-0.25, -0.2) is 0 Å². The summed E-state index contributed by atoms with van der Waals surface area (Å²) in [6.45, 7) is 5.87. The van der Waals surface area contributed by atoms with Gasteiger partial charge in [-0.15, -0.1) is 0 Å². The smallest absolute Gasteiger partial charge is 0.321 e. The van der Waals surface area contributed by atoms with Crippen LogP contribution in [-0.2, 0) is 114 Å². The number of hydrogen-bond acceptors (Lipinski definition) is 30. The minimum Gasteiger partial charge on any atom is -0.480 e. The number of rotatable bonds is 62. The van der Waals surface area contributed by atoms with E-state index in [1.54, 1.807) is 164 Å². The fourth-order valence-corrected chi connectivity index (χ4v) is 17.8. The van der Waals surface area contributed by atoms with Crippen molar-refractivity contribution in [3.63, 3.8) is 0 Å². The van der Waals surface area contributed by atoms with Crippen molar-refractivity contribution in [2.24, 2.45) is 22.9 Å². The molecular weight excluding hydrogens is 1980 g/mol. The van der Waals surface area contributed by atoms with E-state index in [2.05, 4.69) is 107 Å². The summed E-state index contributed by atoms with van der Waals surface area (Å²) in [5, 5.41) is 78.5. The lowest BCUT2D eigenvalue weighted by atomic mass is 10.00. The lowest BCUT2D eigenvalue weighted by Gasteiger charge is -2.29. The van der Waals surface area contributed by atoms with Gasteiger partial charge in [-0.2, -0.15) is 36.2 Å². The van der Waals surface area contributed by atoms with E-state index < -0.39 is 210 Å². The zero-order chi connectivity index (χ0) is 108. The summed E-state index contributed by atoms with van der Waals surface area (Å²) in [6, 6.07) is 30.5. The van der Waals surface area contributed by atoms with Crippen molar-refractivity contribution in [3.8, 4) is 22.8 Å². The molecule has 27 N–H and O–H groups in total. The average molecular weight is 2110 g/mol. The number of aromatic amines is 1. The van der Waals surface area contributed by atoms with Crippen molar-refractivity contribution in [1.29, 1.82) is 0 Å². The predicted molar refractivity (Wildman–Crippen MR) is 562 cm³/mol. The van der Waals surface area contributed by atoms with Crippen molar-refractivity contribution in [3.05, 3.63) is 239 Å². The third-order valence-corrected chi connectivity index (χ3v) is 26.2. The van der Waals surface area contributed by atoms with Crippen LogP contribution in [-0.4, -0.2) is 280 Å². The highest BCUT2D eigenvalue weighted by atomic mass is 32.2. The molecular formula is C103H131N23O20S3. The van der Waals surface area contributed by atoms with Crippen molar-refractivity contribution in [2.75, 3.05) is 37.7 Å². The summed E-state index contributed by atoms with van der Waals surface area (Å²) in [5.74, 6) is -15.5. The van der Waals surface area contributed by atoms with E-state index in [-0.39, 0.29) is 100 Å². The lowest BCUT2D eigenvalue weighted by molar-refractivity contribution is -0.139. The number of H-pyrrole nitrogens is 1. The summed E-state index contributed by atoms with van der Waals surface area (Å²) in [5.41, 5.74) is 31.1. The number of nitrogens with zero attached hydrogens (tertiary/aromatic N) is 4. The lowest BCUT2D eigenvalue weighted by Crippen LogP contribution is -2.63. The van der Waals surface area contributed by atoms with Gasteiger partial charge in [0.1, 0.15) is 84.8 Å². The van der Waals surface area contributed by atoms with Crippen LogP contribution in [0.25, 0.3) is 33.7 Å². The SMILES string of the molecule is Cc1cccc(-c2cccc(CSC[C@H](NC(S)[C@@H](C=O)NC(=O)[C@H](CO)NC(=O)[C@@H](NC(=O)[C@H](Cc3ccccc3)NC(=O)[C@@H](NC(=O)[C@H](CCCCN)NC(=O)[C@H](Cc3c[nH]c4ccccc34)NC(=O)[C@H](Cc3ccccc3)NC(=O)[C@H](Cc3ccccc3)NC(=O)[C@H](CC(N)=O)NC(=O)[C@H](CCCCN)NC(=O)[C@H](CSCc3cccc(-c4cccc(C)n4)n3)NC(=O)CNC(=O)[C@H](C)N)[C@@H](C)O)[C@@H](C)O)C(=O)O)n2)n1. The van der Waals surface area contributed by atoms with E-state index in [1.807, 2.05) is 44.2 Å². The number of amides is 14. The number of benzene rings is 4. The van der Waals surface area contributed by atoms with Crippen LogP contribution in [0, 0.1) is 13.8 Å². The minimum absolute atomic E-state index is 0.0726. The van der Waals surface area contributed by atoms with Gasteiger partial charge in [0.25, 0.3) is 0 Å². The number of aldehydes is 1. The maximum absolute atomic E-state index is 15.6. The van der Waals surface area contributed by atoms with Crippen LogP contribution in [0.5, 0.6) is 0 Å². The average Bonchev–Trinajstić information content (AvgIpc) is 1.70. The number of unbranched alkanes of at least 4 members (excludes halogenated alkanes) is 2. The Kier molecular flexibility index (Phi) is 48.1. The fourth-order valence-electron chi connectivity index (χ4n) is 15.6. The number of nitrogens with two attached hydrogens (primary N) is 4. The van der Waals surface area contributed by atoms with Gasteiger partial charge >= 0.3 is 5.97 Å². The molecule has 0 saturated carbocycles. The Hall–Kier alpha value is -14.5. The normalized spacial score (nSPS) is 14.7. The first-order valence-electron chi connectivity index (χ1n) is 48.5. The quantitative estimate of drug-likeness (QED) is 0.00989. The topological polar surface area (TPSA) is 694 Å². The number of hydrogen-bond donors (Lipinski definition) is 24. The molecule has 0 saturated heterocycles. The van der Waals surface area contributed by atoms with Crippen molar-refractivity contribution in [1.82, 2.24) is 99.4 Å². The number of primary amides is 1. The number of carbonyl (C=O) groups is 16. The second-order valence-corrected chi connectivity index (χ2v) is 38.3. The summed E-state index contributed by atoms with van der Waals surface area (Å²) < 4.78 is 0. The number of aryl methyl sites for hydroxylation is 2. The third kappa shape index (κ3) is 38.6.